The fraction of sp³-hybridized carbons (Fsp3) is 0.176. The Balaban J connectivity index is 1.62. The van der Waals surface area contributed by atoms with Gasteiger partial charge in [-0.15, -0.1) is 21.5 Å². The van der Waals surface area contributed by atoms with Crippen molar-refractivity contribution in [2.75, 3.05) is 25.3 Å². The number of hydrogen-bond acceptors (Lipinski definition) is 9. The molecule has 11 heteroatoms. The lowest BCUT2D eigenvalue weighted by Crippen LogP contribution is -2.17. The SMILES string of the molecule is COc1ccc(-c2nnc(SCC(=O)Nc3sccc3C(N)=O)o2)cc1OC. The lowest BCUT2D eigenvalue weighted by Gasteiger charge is -2.07. The molecule has 0 aliphatic carbocycles. The van der Waals surface area contributed by atoms with Crippen molar-refractivity contribution in [2.45, 2.75) is 5.22 Å². The van der Waals surface area contributed by atoms with E-state index in [1.807, 2.05) is 0 Å². The summed E-state index contributed by atoms with van der Waals surface area (Å²) in [6, 6.07) is 6.77. The Hall–Kier alpha value is -3.05. The number of carbonyl (C=O) groups excluding carboxylic acids is 2. The second-order valence-corrected chi connectivity index (χ2v) is 7.15. The van der Waals surface area contributed by atoms with Gasteiger partial charge in [0.05, 0.1) is 25.5 Å². The van der Waals surface area contributed by atoms with Gasteiger partial charge in [0.2, 0.25) is 11.8 Å². The Bertz CT molecular complexity index is 1000. The van der Waals surface area contributed by atoms with Crippen LogP contribution in [0.4, 0.5) is 5.00 Å². The molecule has 0 spiro atoms. The van der Waals surface area contributed by atoms with Gasteiger partial charge in [0.1, 0.15) is 5.00 Å². The zero-order valence-corrected chi connectivity index (χ0v) is 16.6. The van der Waals surface area contributed by atoms with Gasteiger partial charge in [-0.25, -0.2) is 0 Å². The van der Waals surface area contributed by atoms with Crippen molar-refractivity contribution >= 4 is 39.9 Å². The van der Waals surface area contributed by atoms with E-state index in [-0.39, 0.29) is 28.3 Å². The summed E-state index contributed by atoms with van der Waals surface area (Å²) >= 11 is 2.30. The van der Waals surface area contributed by atoms with Crippen LogP contribution in [0.1, 0.15) is 10.4 Å². The van der Waals surface area contributed by atoms with Gasteiger partial charge >= 0.3 is 0 Å². The number of hydrogen-bond donors (Lipinski definition) is 2. The van der Waals surface area contributed by atoms with Crippen LogP contribution in [0.5, 0.6) is 11.5 Å². The Morgan fingerprint density at radius 3 is 2.71 bits per heavy atom. The highest BCUT2D eigenvalue weighted by atomic mass is 32.2. The van der Waals surface area contributed by atoms with E-state index in [0.29, 0.717) is 22.1 Å². The van der Waals surface area contributed by atoms with Crippen LogP contribution in [0.3, 0.4) is 0 Å². The summed E-state index contributed by atoms with van der Waals surface area (Å²) in [6.07, 6.45) is 0. The van der Waals surface area contributed by atoms with Crippen LogP contribution in [-0.4, -0.2) is 42.0 Å². The van der Waals surface area contributed by atoms with Crippen molar-refractivity contribution in [3.63, 3.8) is 0 Å². The van der Waals surface area contributed by atoms with Crippen LogP contribution in [0, 0.1) is 0 Å². The molecule has 2 aromatic heterocycles. The minimum absolute atomic E-state index is 0.0314. The highest BCUT2D eigenvalue weighted by Crippen LogP contribution is 2.32. The Morgan fingerprint density at radius 2 is 2.00 bits per heavy atom. The molecule has 28 heavy (non-hydrogen) atoms. The molecule has 0 saturated carbocycles. The topological polar surface area (TPSA) is 130 Å². The molecule has 0 unspecified atom stereocenters. The number of nitrogens with two attached hydrogens (primary N) is 1. The molecule has 3 aromatic rings. The predicted octanol–water partition coefficient (Wildman–Crippen LogP) is 2.65. The third-order valence-corrected chi connectivity index (χ3v) is 5.20. The smallest absolute Gasteiger partial charge is 0.277 e. The molecule has 3 rings (SSSR count). The second kappa shape index (κ2) is 8.76. The van der Waals surface area contributed by atoms with E-state index in [0.717, 1.165) is 11.8 Å². The third kappa shape index (κ3) is 4.43. The highest BCUT2D eigenvalue weighted by molar-refractivity contribution is 7.99. The minimum atomic E-state index is -0.597. The number of thiophene rings is 1. The van der Waals surface area contributed by atoms with Crippen molar-refractivity contribution in [1.29, 1.82) is 0 Å². The number of thioether (sulfide) groups is 1. The fourth-order valence-electron chi connectivity index (χ4n) is 2.24. The van der Waals surface area contributed by atoms with Gasteiger partial charge in [-0.2, -0.15) is 0 Å². The summed E-state index contributed by atoms with van der Waals surface area (Å²) in [5.41, 5.74) is 6.19. The van der Waals surface area contributed by atoms with Crippen LogP contribution in [0.2, 0.25) is 0 Å². The summed E-state index contributed by atoms with van der Waals surface area (Å²) in [5.74, 6) is 0.525. The lowest BCUT2D eigenvalue weighted by atomic mass is 10.2. The van der Waals surface area contributed by atoms with Crippen LogP contribution in [-0.2, 0) is 4.79 Å². The summed E-state index contributed by atoms with van der Waals surface area (Å²) < 4.78 is 16.0. The first-order valence-electron chi connectivity index (χ1n) is 7.87. The van der Waals surface area contributed by atoms with Crippen molar-refractivity contribution in [1.82, 2.24) is 10.2 Å². The average Bonchev–Trinajstić information content (AvgIpc) is 3.35. The molecule has 0 saturated heterocycles. The minimum Gasteiger partial charge on any atom is -0.493 e. The monoisotopic (exact) mass is 420 g/mol. The summed E-state index contributed by atoms with van der Waals surface area (Å²) in [5, 5.41) is 12.9. The van der Waals surface area contributed by atoms with Gasteiger partial charge in [-0.05, 0) is 29.6 Å². The Morgan fingerprint density at radius 1 is 1.21 bits per heavy atom. The van der Waals surface area contributed by atoms with Crippen LogP contribution >= 0.6 is 23.1 Å². The standard InChI is InChI=1S/C17H16N4O5S2/c1-24-11-4-3-9(7-12(11)25-2)15-20-21-17(26-15)28-8-13(22)19-16-10(14(18)23)5-6-27-16/h3-7H,8H2,1-2H3,(H2,18,23)(H,19,22). The summed E-state index contributed by atoms with van der Waals surface area (Å²) in [4.78, 5) is 23.4. The molecule has 0 aliphatic rings. The Kier molecular flexibility index (Phi) is 6.16. The number of primary amides is 1. The first-order chi connectivity index (χ1) is 13.5. The maximum Gasteiger partial charge on any atom is 0.277 e. The maximum atomic E-state index is 12.1. The highest BCUT2D eigenvalue weighted by Gasteiger charge is 2.16. The third-order valence-electron chi connectivity index (χ3n) is 3.55. The van der Waals surface area contributed by atoms with Gasteiger partial charge in [0.25, 0.3) is 11.1 Å². The van der Waals surface area contributed by atoms with Gasteiger partial charge in [0.15, 0.2) is 11.5 Å². The largest absolute Gasteiger partial charge is 0.493 e. The first-order valence-corrected chi connectivity index (χ1v) is 9.74. The number of benzene rings is 1. The van der Waals surface area contributed by atoms with E-state index in [9.17, 15) is 9.59 Å². The average molecular weight is 420 g/mol. The number of nitrogens with one attached hydrogen (secondary N) is 1. The first kappa shape index (κ1) is 19.7. The van der Waals surface area contributed by atoms with E-state index in [1.165, 1.54) is 18.4 Å². The number of carbonyl (C=O) groups is 2. The van der Waals surface area contributed by atoms with Crippen molar-refractivity contribution in [3.8, 4) is 23.0 Å². The number of nitrogens with zero attached hydrogens (tertiary/aromatic N) is 2. The quantitative estimate of drug-likeness (QED) is 0.532. The van der Waals surface area contributed by atoms with E-state index < -0.39 is 5.91 Å². The normalized spacial score (nSPS) is 10.5. The molecule has 0 fully saturated rings. The number of anilines is 1. The number of rotatable bonds is 8. The van der Waals surface area contributed by atoms with E-state index in [1.54, 1.807) is 36.8 Å². The molecule has 9 nitrogen and oxygen atoms in total. The zero-order valence-electron chi connectivity index (χ0n) is 14.9. The summed E-state index contributed by atoms with van der Waals surface area (Å²) in [6.45, 7) is 0. The number of methoxy groups -OCH3 is 2. The molecule has 0 aliphatic heterocycles. The van der Waals surface area contributed by atoms with Crippen LogP contribution < -0.4 is 20.5 Å². The lowest BCUT2D eigenvalue weighted by molar-refractivity contribution is -0.113. The van der Waals surface area contributed by atoms with Crippen molar-refractivity contribution in [3.05, 3.63) is 35.2 Å². The van der Waals surface area contributed by atoms with E-state index >= 15 is 0 Å². The fourth-order valence-corrected chi connectivity index (χ4v) is 3.62. The van der Waals surface area contributed by atoms with Gasteiger partial charge in [-0.3, -0.25) is 9.59 Å². The molecule has 0 radical (unpaired) electrons. The molecule has 2 heterocycles. The number of aromatic nitrogens is 2. The van der Waals surface area contributed by atoms with Crippen LogP contribution in [0.15, 0.2) is 39.3 Å². The maximum absolute atomic E-state index is 12.1. The molecular formula is C17H16N4O5S2. The zero-order chi connectivity index (χ0) is 20.1. The van der Waals surface area contributed by atoms with Gasteiger partial charge < -0.3 is 24.9 Å². The van der Waals surface area contributed by atoms with Gasteiger partial charge in [0, 0.05) is 5.56 Å². The molecule has 146 valence electrons. The molecule has 1 aromatic carbocycles. The number of amides is 2. The molecule has 0 atom stereocenters. The summed E-state index contributed by atoms with van der Waals surface area (Å²) in [7, 11) is 3.08. The van der Waals surface area contributed by atoms with Crippen LogP contribution in [0.25, 0.3) is 11.5 Å². The predicted molar refractivity (Wildman–Crippen MR) is 105 cm³/mol. The number of ether oxygens (including phenoxy) is 2. The van der Waals surface area contributed by atoms with E-state index in [2.05, 4.69) is 15.5 Å². The Labute approximate surface area is 168 Å². The van der Waals surface area contributed by atoms with Gasteiger partial charge in [-0.1, -0.05) is 11.8 Å². The molecule has 3 N–H and O–H groups in total. The van der Waals surface area contributed by atoms with Crippen molar-refractivity contribution in [2.24, 2.45) is 5.73 Å². The molecule has 0 bridgehead atoms. The molecule has 2 amide bonds. The second-order valence-electron chi connectivity index (χ2n) is 5.31. The molecular weight excluding hydrogens is 404 g/mol. The van der Waals surface area contributed by atoms with E-state index in [4.69, 9.17) is 19.6 Å². The van der Waals surface area contributed by atoms with Crippen molar-refractivity contribution < 1.29 is 23.5 Å².